The van der Waals surface area contributed by atoms with Crippen LogP contribution < -0.4 is 0 Å². The molecule has 4 aromatic carbocycles. The number of ether oxygens (including phenoxy) is 5. The second-order valence-corrected chi connectivity index (χ2v) is 9.25. The number of hydrogen-bond donors (Lipinski definition) is 0. The van der Waals surface area contributed by atoms with Crippen molar-refractivity contribution in [1.82, 2.24) is 0 Å². The van der Waals surface area contributed by atoms with Crippen LogP contribution in [0.4, 0.5) is 0 Å². The SMILES string of the molecule is O=C(OC1OC[C@@H](OC(=O)c2ccccc2)[C@@H](OC(=O)c2ccccc2)[C@@H]1OC(=O)c1ccccc1)c1ccccc1. The summed E-state index contributed by atoms with van der Waals surface area (Å²) < 4.78 is 28.7. The lowest BCUT2D eigenvalue weighted by Crippen LogP contribution is -2.58. The molecule has 0 radical (unpaired) electrons. The van der Waals surface area contributed by atoms with E-state index in [2.05, 4.69) is 0 Å². The largest absolute Gasteiger partial charge is 0.452 e. The molecule has 9 heteroatoms. The molecule has 0 aliphatic carbocycles. The summed E-state index contributed by atoms with van der Waals surface area (Å²) >= 11 is 0. The Labute approximate surface area is 241 Å². The lowest BCUT2D eigenvalue weighted by atomic mass is 10.0. The first-order valence-corrected chi connectivity index (χ1v) is 13.2. The van der Waals surface area contributed by atoms with Crippen molar-refractivity contribution < 1.29 is 42.9 Å². The molecule has 0 amide bonds. The van der Waals surface area contributed by atoms with Gasteiger partial charge in [0.15, 0.2) is 12.2 Å². The zero-order chi connectivity index (χ0) is 29.3. The number of carbonyl (C=O) groups is 4. The molecule has 1 aliphatic rings. The molecule has 5 rings (SSSR count). The van der Waals surface area contributed by atoms with E-state index >= 15 is 0 Å². The summed E-state index contributed by atoms with van der Waals surface area (Å²) in [6.07, 6.45) is -5.61. The molecule has 0 saturated carbocycles. The highest BCUT2D eigenvalue weighted by atomic mass is 16.7. The van der Waals surface area contributed by atoms with E-state index in [1.807, 2.05) is 0 Å². The minimum absolute atomic E-state index is 0.196. The monoisotopic (exact) mass is 566 g/mol. The maximum absolute atomic E-state index is 13.2. The molecule has 0 aromatic heterocycles. The van der Waals surface area contributed by atoms with Gasteiger partial charge in [-0.15, -0.1) is 0 Å². The fourth-order valence-electron chi connectivity index (χ4n) is 4.27. The molecule has 212 valence electrons. The Morgan fingerprint density at radius 3 is 1.19 bits per heavy atom. The number of hydrogen-bond acceptors (Lipinski definition) is 9. The molecular formula is C33H26O9. The van der Waals surface area contributed by atoms with Crippen LogP contribution >= 0.6 is 0 Å². The second-order valence-electron chi connectivity index (χ2n) is 9.25. The fourth-order valence-corrected chi connectivity index (χ4v) is 4.27. The fraction of sp³-hybridized carbons (Fsp3) is 0.152. The highest BCUT2D eigenvalue weighted by molar-refractivity contribution is 5.91. The summed E-state index contributed by atoms with van der Waals surface area (Å²) in [7, 11) is 0. The summed E-state index contributed by atoms with van der Waals surface area (Å²) in [5, 5.41) is 0. The molecule has 1 aliphatic heterocycles. The lowest BCUT2D eigenvalue weighted by molar-refractivity contribution is -0.250. The van der Waals surface area contributed by atoms with E-state index in [1.54, 1.807) is 109 Å². The summed E-state index contributed by atoms with van der Waals surface area (Å²) in [6.45, 7) is -0.322. The van der Waals surface area contributed by atoms with Gasteiger partial charge in [-0.3, -0.25) is 0 Å². The van der Waals surface area contributed by atoms with Crippen LogP contribution in [-0.4, -0.2) is 55.1 Å². The average molecular weight is 567 g/mol. The zero-order valence-electron chi connectivity index (χ0n) is 22.2. The van der Waals surface area contributed by atoms with Crippen molar-refractivity contribution in [2.75, 3.05) is 6.61 Å². The molecule has 1 unspecified atom stereocenters. The molecule has 1 heterocycles. The van der Waals surface area contributed by atoms with E-state index in [4.69, 9.17) is 23.7 Å². The van der Waals surface area contributed by atoms with Crippen LogP contribution in [0.15, 0.2) is 121 Å². The van der Waals surface area contributed by atoms with Gasteiger partial charge in [-0.25, -0.2) is 19.2 Å². The standard InChI is InChI=1S/C33H26O9/c34-29(22-13-5-1-6-14-22)39-26-21-38-33(42-32(37)25-19-11-4-12-20-25)28(41-31(36)24-17-9-3-10-18-24)27(26)40-30(35)23-15-7-2-8-16-23/h1-20,26-28,33H,21H2/t26-,27-,28+,33?/m1/s1. The van der Waals surface area contributed by atoms with E-state index < -0.39 is 48.5 Å². The first kappa shape index (κ1) is 28.3. The van der Waals surface area contributed by atoms with E-state index in [-0.39, 0.29) is 28.9 Å². The van der Waals surface area contributed by atoms with Crippen LogP contribution in [0.25, 0.3) is 0 Å². The van der Waals surface area contributed by atoms with E-state index in [1.165, 1.54) is 12.1 Å². The Kier molecular flexibility index (Phi) is 9.00. The van der Waals surface area contributed by atoms with Crippen molar-refractivity contribution in [2.45, 2.75) is 24.6 Å². The van der Waals surface area contributed by atoms with Crippen LogP contribution in [0.2, 0.25) is 0 Å². The Balaban J connectivity index is 1.48. The second kappa shape index (κ2) is 13.4. The van der Waals surface area contributed by atoms with Gasteiger partial charge >= 0.3 is 23.9 Å². The van der Waals surface area contributed by atoms with Crippen LogP contribution in [0.3, 0.4) is 0 Å². The molecule has 0 spiro atoms. The van der Waals surface area contributed by atoms with Gasteiger partial charge in [-0.2, -0.15) is 0 Å². The van der Waals surface area contributed by atoms with Crippen LogP contribution in [-0.2, 0) is 23.7 Å². The molecule has 1 fully saturated rings. The zero-order valence-corrected chi connectivity index (χ0v) is 22.2. The van der Waals surface area contributed by atoms with Gasteiger partial charge in [-0.05, 0) is 48.5 Å². The minimum Gasteiger partial charge on any atom is -0.452 e. The molecule has 42 heavy (non-hydrogen) atoms. The first-order chi connectivity index (χ1) is 20.5. The highest BCUT2D eigenvalue weighted by Gasteiger charge is 2.50. The minimum atomic E-state index is -1.50. The number of rotatable bonds is 8. The third kappa shape index (κ3) is 6.89. The number of benzene rings is 4. The van der Waals surface area contributed by atoms with Gasteiger partial charge in [-0.1, -0.05) is 72.8 Å². The van der Waals surface area contributed by atoms with E-state index in [0.29, 0.717) is 0 Å². The van der Waals surface area contributed by atoms with Gasteiger partial charge in [0.1, 0.15) is 0 Å². The molecule has 0 N–H and O–H groups in total. The van der Waals surface area contributed by atoms with E-state index in [9.17, 15) is 19.2 Å². The van der Waals surface area contributed by atoms with Gasteiger partial charge in [0.25, 0.3) is 0 Å². The quantitative estimate of drug-likeness (QED) is 0.218. The van der Waals surface area contributed by atoms with Gasteiger partial charge < -0.3 is 23.7 Å². The Bertz CT molecular complexity index is 1390. The molecule has 9 nitrogen and oxygen atoms in total. The Morgan fingerprint density at radius 2 is 0.786 bits per heavy atom. The molecular weight excluding hydrogens is 540 g/mol. The first-order valence-electron chi connectivity index (χ1n) is 13.2. The van der Waals surface area contributed by atoms with Crippen molar-refractivity contribution in [2.24, 2.45) is 0 Å². The molecule has 0 bridgehead atoms. The average Bonchev–Trinajstić information content (AvgIpc) is 3.05. The normalized spacial score (nSPS) is 19.6. The third-order valence-electron chi connectivity index (χ3n) is 6.39. The van der Waals surface area contributed by atoms with E-state index in [0.717, 1.165) is 0 Å². The molecule has 1 saturated heterocycles. The maximum Gasteiger partial charge on any atom is 0.340 e. The van der Waals surface area contributed by atoms with Crippen molar-refractivity contribution in [3.05, 3.63) is 144 Å². The van der Waals surface area contributed by atoms with Crippen molar-refractivity contribution in [3.8, 4) is 0 Å². The van der Waals surface area contributed by atoms with Gasteiger partial charge in [0.05, 0.1) is 28.9 Å². The highest BCUT2D eigenvalue weighted by Crippen LogP contribution is 2.28. The number of esters is 4. The smallest absolute Gasteiger partial charge is 0.340 e. The summed E-state index contributed by atoms with van der Waals surface area (Å²) in [4.78, 5) is 52.4. The molecule has 4 aromatic rings. The van der Waals surface area contributed by atoms with Gasteiger partial charge in [0, 0.05) is 0 Å². The number of carbonyl (C=O) groups excluding carboxylic acids is 4. The maximum atomic E-state index is 13.2. The predicted octanol–water partition coefficient (Wildman–Crippen LogP) is 4.88. The van der Waals surface area contributed by atoms with Crippen molar-refractivity contribution >= 4 is 23.9 Å². The van der Waals surface area contributed by atoms with Gasteiger partial charge in [0.2, 0.25) is 12.4 Å². The molecule has 4 atom stereocenters. The van der Waals surface area contributed by atoms with Crippen molar-refractivity contribution in [1.29, 1.82) is 0 Å². The van der Waals surface area contributed by atoms with Crippen LogP contribution in [0, 0.1) is 0 Å². The van der Waals surface area contributed by atoms with Crippen molar-refractivity contribution in [3.63, 3.8) is 0 Å². The predicted molar refractivity (Wildman–Crippen MR) is 149 cm³/mol. The Hall–Kier alpha value is -5.28. The summed E-state index contributed by atoms with van der Waals surface area (Å²) in [6, 6.07) is 32.6. The van der Waals surface area contributed by atoms with Crippen LogP contribution in [0.1, 0.15) is 41.4 Å². The summed E-state index contributed by atoms with van der Waals surface area (Å²) in [5.74, 6) is -3.02. The van der Waals surface area contributed by atoms with Crippen LogP contribution in [0.5, 0.6) is 0 Å². The third-order valence-corrected chi connectivity index (χ3v) is 6.39. The topological polar surface area (TPSA) is 114 Å². The Morgan fingerprint density at radius 1 is 0.452 bits per heavy atom. The lowest BCUT2D eigenvalue weighted by Gasteiger charge is -2.40. The summed E-state index contributed by atoms with van der Waals surface area (Å²) in [5.41, 5.74) is 0.885.